The number of aryl methyl sites for hydroxylation is 1. The van der Waals surface area contributed by atoms with Crippen molar-refractivity contribution in [2.45, 2.75) is 31.8 Å². The predicted molar refractivity (Wildman–Crippen MR) is 57.5 cm³/mol. The van der Waals surface area contributed by atoms with Gasteiger partial charge in [-0.3, -0.25) is 0 Å². The van der Waals surface area contributed by atoms with E-state index in [-0.39, 0.29) is 0 Å². The van der Waals surface area contributed by atoms with Crippen molar-refractivity contribution in [2.24, 2.45) is 5.73 Å². The molecule has 0 radical (unpaired) electrons. The van der Waals surface area contributed by atoms with E-state index in [1.165, 1.54) is 18.4 Å². The maximum atomic E-state index is 5.66. The minimum Gasteiger partial charge on any atom is -0.490 e. The molecule has 0 saturated heterocycles. The van der Waals surface area contributed by atoms with Crippen LogP contribution in [0.3, 0.4) is 0 Å². The van der Waals surface area contributed by atoms with Gasteiger partial charge in [0, 0.05) is 0 Å². The third-order valence-electron chi connectivity index (χ3n) is 2.42. The van der Waals surface area contributed by atoms with Gasteiger partial charge >= 0.3 is 0 Å². The van der Waals surface area contributed by atoms with Crippen molar-refractivity contribution < 1.29 is 4.74 Å². The first-order valence-corrected chi connectivity index (χ1v) is 5.34. The van der Waals surface area contributed by atoms with Gasteiger partial charge in [0.15, 0.2) is 0 Å². The summed E-state index contributed by atoms with van der Waals surface area (Å²) in [4.78, 5) is 0. The third kappa shape index (κ3) is 2.74. The summed E-state index contributed by atoms with van der Waals surface area (Å²) in [7, 11) is 0. The molecule has 2 nitrogen and oxygen atoms in total. The van der Waals surface area contributed by atoms with Crippen molar-refractivity contribution in [1.29, 1.82) is 0 Å². The Labute approximate surface area is 85.1 Å². The molecule has 2 heteroatoms. The Morgan fingerprint density at radius 2 is 1.93 bits per heavy atom. The van der Waals surface area contributed by atoms with Gasteiger partial charge in [-0.05, 0) is 49.9 Å². The molecule has 0 aliphatic heterocycles. The summed E-state index contributed by atoms with van der Waals surface area (Å²) in [5.74, 6) is 1.00. The lowest BCUT2D eigenvalue weighted by atomic mass is 10.1. The smallest absolute Gasteiger partial charge is 0.119 e. The van der Waals surface area contributed by atoms with Gasteiger partial charge in [0.25, 0.3) is 0 Å². The Bertz CT molecular complexity index is 277. The fourth-order valence-electron chi connectivity index (χ4n) is 1.42. The van der Waals surface area contributed by atoms with Crippen LogP contribution in [0.4, 0.5) is 0 Å². The molecular formula is C12H17NO. The summed E-state index contributed by atoms with van der Waals surface area (Å²) in [5.41, 5.74) is 6.80. The standard InChI is InChI=1S/C12H17NO/c13-9-1-2-10-3-5-11(6-4-10)14-12-7-8-12/h3-6,12H,1-2,7-9,13H2. The van der Waals surface area contributed by atoms with Crippen LogP contribution < -0.4 is 10.5 Å². The van der Waals surface area contributed by atoms with Crippen LogP contribution in [0.5, 0.6) is 5.75 Å². The molecule has 1 saturated carbocycles. The number of rotatable bonds is 5. The normalized spacial score (nSPS) is 15.5. The molecule has 0 heterocycles. The van der Waals surface area contributed by atoms with Crippen LogP contribution >= 0.6 is 0 Å². The van der Waals surface area contributed by atoms with Gasteiger partial charge in [-0.1, -0.05) is 12.1 Å². The topological polar surface area (TPSA) is 35.2 Å². The molecule has 0 aromatic heterocycles. The molecule has 1 aromatic rings. The van der Waals surface area contributed by atoms with Crippen molar-refractivity contribution in [2.75, 3.05) is 6.54 Å². The first-order valence-electron chi connectivity index (χ1n) is 5.34. The summed E-state index contributed by atoms with van der Waals surface area (Å²) in [5, 5.41) is 0. The second kappa shape index (κ2) is 4.47. The van der Waals surface area contributed by atoms with Crippen molar-refractivity contribution >= 4 is 0 Å². The van der Waals surface area contributed by atoms with Gasteiger partial charge < -0.3 is 10.5 Å². The molecule has 1 fully saturated rings. The number of ether oxygens (including phenoxy) is 1. The average Bonchev–Trinajstić information content (AvgIpc) is 3.01. The highest BCUT2D eigenvalue weighted by Gasteiger charge is 2.23. The molecule has 76 valence electrons. The maximum absolute atomic E-state index is 5.66. The number of hydrogen-bond acceptors (Lipinski definition) is 2. The van der Waals surface area contributed by atoms with E-state index in [1.54, 1.807) is 0 Å². The summed E-state index contributed by atoms with van der Waals surface area (Å²) in [6, 6.07) is 8.38. The van der Waals surface area contributed by atoms with Crippen LogP contribution in [0.15, 0.2) is 24.3 Å². The third-order valence-corrected chi connectivity index (χ3v) is 2.42. The van der Waals surface area contributed by atoms with Crippen molar-refractivity contribution in [1.82, 2.24) is 0 Å². The van der Waals surface area contributed by atoms with E-state index in [9.17, 15) is 0 Å². The molecule has 1 aliphatic rings. The molecule has 14 heavy (non-hydrogen) atoms. The second-order valence-corrected chi connectivity index (χ2v) is 3.85. The zero-order valence-electron chi connectivity index (χ0n) is 8.41. The highest BCUT2D eigenvalue weighted by molar-refractivity contribution is 5.27. The zero-order chi connectivity index (χ0) is 9.80. The van der Waals surface area contributed by atoms with Crippen LogP contribution in [-0.2, 0) is 6.42 Å². The molecule has 1 aromatic carbocycles. The summed E-state index contributed by atoms with van der Waals surface area (Å²) >= 11 is 0. The molecule has 2 N–H and O–H groups in total. The van der Waals surface area contributed by atoms with E-state index in [1.807, 2.05) is 0 Å². The fourth-order valence-corrected chi connectivity index (χ4v) is 1.42. The van der Waals surface area contributed by atoms with Gasteiger partial charge in [-0.15, -0.1) is 0 Å². The predicted octanol–water partition coefficient (Wildman–Crippen LogP) is 2.12. The Balaban J connectivity index is 1.88. The van der Waals surface area contributed by atoms with Gasteiger partial charge in [0.1, 0.15) is 5.75 Å². The Hall–Kier alpha value is -1.02. The summed E-state index contributed by atoms with van der Waals surface area (Å²) in [6.45, 7) is 0.764. The molecule has 0 atom stereocenters. The van der Waals surface area contributed by atoms with Crippen LogP contribution in [0, 0.1) is 0 Å². The van der Waals surface area contributed by atoms with E-state index in [2.05, 4.69) is 24.3 Å². The lowest BCUT2D eigenvalue weighted by Gasteiger charge is -2.05. The van der Waals surface area contributed by atoms with E-state index >= 15 is 0 Å². The summed E-state index contributed by atoms with van der Waals surface area (Å²) in [6.07, 6.45) is 5.05. The minimum atomic E-state index is 0.491. The zero-order valence-corrected chi connectivity index (χ0v) is 8.41. The lowest BCUT2D eigenvalue weighted by Crippen LogP contribution is -2.00. The Morgan fingerprint density at radius 3 is 2.50 bits per heavy atom. The first kappa shape index (κ1) is 9.53. The van der Waals surface area contributed by atoms with Crippen molar-refractivity contribution in [3.63, 3.8) is 0 Å². The Kier molecular flexibility index (Phi) is 3.04. The van der Waals surface area contributed by atoms with Crippen LogP contribution in [-0.4, -0.2) is 12.6 Å². The largest absolute Gasteiger partial charge is 0.490 e. The summed E-state index contributed by atoms with van der Waals surface area (Å²) < 4.78 is 5.66. The van der Waals surface area contributed by atoms with Gasteiger partial charge in [-0.2, -0.15) is 0 Å². The number of nitrogens with two attached hydrogens (primary N) is 1. The molecule has 0 bridgehead atoms. The SMILES string of the molecule is NCCCc1ccc(OC2CC2)cc1. The maximum Gasteiger partial charge on any atom is 0.119 e. The molecular weight excluding hydrogens is 174 g/mol. The highest BCUT2D eigenvalue weighted by atomic mass is 16.5. The van der Waals surface area contributed by atoms with Crippen LogP contribution in [0.1, 0.15) is 24.8 Å². The quantitative estimate of drug-likeness (QED) is 0.773. The lowest BCUT2D eigenvalue weighted by molar-refractivity contribution is 0.303. The second-order valence-electron chi connectivity index (χ2n) is 3.85. The monoisotopic (exact) mass is 191 g/mol. The highest BCUT2D eigenvalue weighted by Crippen LogP contribution is 2.26. The minimum absolute atomic E-state index is 0.491. The molecule has 1 aliphatic carbocycles. The van der Waals surface area contributed by atoms with Crippen LogP contribution in [0.2, 0.25) is 0 Å². The van der Waals surface area contributed by atoms with Gasteiger partial charge in [0.05, 0.1) is 6.10 Å². The average molecular weight is 191 g/mol. The number of hydrogen-bond donors (Lipinski definition) is 1. The molecule has 0 spiro atoms. The first-order chi connectivity index (χ1) is 6.88. The molecule has 0 amide bonds. The van der Waals surface area contributed by atoms with Gasteiger partial charge in [0.2, 0.25) is 0 Å². The van der Waals surface area contributed by atoms with E-state index < -0.39 is 0 Å². The fraction of sp³-hybridized carbons (Fsp3) is 0.500. The van der Waals surface area contributed by atoms with E-state index in [4.69, 9.17) is 10.5 Å². The van der Waals surface area contributed by atoms with Crippen molar-refractivity contribution in [3.8, 4) is 5.75 Å². The Morgan fingerprint density at radius 1 is 1.21 bits per heavy atom. The van der Waals surface area contributed by atoms with E-state index in [0.29, 0.717) is 6.10 Å². The molecule has 2 rings (SSSR count). The van der Waals surface area contributed by atoms with Crippen LogP contribution in [0.25, 0.3) is 0 Å². The number of benzene rings is 1. The molecule has 0 unspecified atom stereocenters. The van der Waals surface area contributed by atoms with Crippen molar-refractivity contribution in [3.05, 3.63) is 29.8 Å². The van der Waals surface area contributed by atoms with Gasteiger partial charge in [-0.25, -0.2) is 0 Å². The van der Waals surface area contributed by atoms with E-state index in [0.717, 1.165) is 25.1 Å².